The van der Waals surface area contributed by atoms with Crippen LogP contribution in [0.5, 0.6) is 0 Å². The molecule has 0 fully saturated rings. The Kier molecular flexibility index (Phi) is 5.68. The van der Waals surface area contributed by atoms with Crippen molar-refractivity contribution in [1.82, 2.24) is 5.32 Å². The molecule has 2 nitrogen and oxygen atoms in total. The molecular formula is C16H20FNOS. The van der Waals surface area contributed by atoms with Crippen molar-refractivity contribution in [1.29, 1.82) is 0 Å². The molecule has 20 heavy (non-hydrogen) atoms. The number of thioether (sulfide) groups is 1. The summed E-state index contributed by atoms with van der Waals surface area (Å²) in [6.07, 6.45) is 3.28. The predicted molar refractivity (Wildman–Crippen MR) is 83.4 cm³/mol. The van der Waals surface area contributed by atoms with Crippen LogP contribution in [-0.4, -0.2) is 18.1 Å². The number of nitrogens with one attached hydrogen (secondary N) is 1. The van der Waals surface area contributed by atoms with Gasteiger partial charge in [0.2, 0.25) is 0 Å². The summed E-state index contributed by atoms with van der Waals surface area (Å²) in [7, 11) is 0. The van der Waals surface area contributed by atoms with Crippen molar-refractivity contribution in [3.63, 3.8) is 0 Å². The van der Waals surface area contributed by atoms with Crippen molar-refractivity contribution >= 4 is 11.8 Å². The van der Waals surface area contributed by atoms with Gasteiger partial charge in [-0.25, -0.2) is 4.39 Å². The molecule has 0 spiro atoms. The van der Waals surface area contributed by atoms with Gasteiger partial charge < -0.3 is 9.73 Å². The first kappa shape index (κ1) is 15.1. The molecule has 0 aliphatic carbocycles. The van der Waals surface area contributed by atoms with E-state index in [1.54, 1.807) is 12.1 Å². The molecule has 4 heteroatoms. The van der Waals surface area contributed by atoms with Crippen LogP contribution in [0.15, 0.2) is 40.8 Å². The summed E-state index contributed by atoms with van der Waals surface area (Å²) >= 11 is 1.88. The van der Waals surface area contributed by atoms with Crippen molar-refractivity contribution in [2.24, 2.45) is 0 Å². The van der Waals surface area contributed by atoms with Crippen LogP contribution in [0.4, 0.5) is 4.39 Å². The molecule has 2 aromatic rings. The monoisotopic (exact) mass is 293 g/mol. The lowest BCUT2D eigenvalue weighted by Gasteiger charge is -2.07. The molecule has 0 saturated heterocycles. The third kappa shape index (κ3) is 4.39. The highest BCUT2D eigenvalue weighted by atomic mass is 32.2. The smallest absolute Gasteiger partial charge is 0.134 e. The van der Waals surface area contributed by atoms with Gasteiger partial charge in [0, 0.05) is 10.8 Å². The van der Waals surface area contributed by atoms with Crippen LogP contribution in [0, 0.1) is 5.82 Å². The number of halogens is 1. The quantitative estimate of drug-likeness (QED) is 0.770. The molecule has 1 atom stereocenters. The zero-order valence-electron chi connectivity index (χ0n) is 11.9. The normalized spacial score (nSPS) is 12.6. The van der Waals surface area contributed by atoms with Crippen molar-refractivity contribution in [3.8, 4) is 11.3 Å². The molecule has 1 N–H and O–H groups in total. The van der Waals surface area contributed by atoms with E-state index >= 15 is 0 Å². The maximum absolute atomic E-state index is 12.9. The van der Waals surface area contributed by atoms with Crippen LogP contribution in [0.25, 0.3) is 11.3 Å². The molecule has 0 bridgehead atoms. The SMILES string of the molecule is CSC(C)CCNCc1ccc(-c2ccc(F)cc2)o1. The van der Waals surface area contributed by atoms with E-state index in [0.717, 1.165) is 36.6 Å². The number of benzene rings is 1. The van der Waals surface area contributed by atoms with Gasteiger partial charge in [-0.1, -0.05) is 6.92 Å². The Morgan fingerprint density at radius 3 is 2.65 bits per heavy atom. The van der Waals surface area contributed by atoms with Gasteiger partial charge >= 0.3 is 0 Å². The molecule has 1 aromatic heterocycles. The number of hydrogen-bond acceptors (Lipinski definition) is 3. The van der Waals surface area contributed by atoms with E-state index in [4.69, 9.17) is 4.42 Å². The van der Waals surface area contributed by atoms with Gasteiger partial charge in [0.1, 0.15) is 17.3 Å². The van der Waals surface area contributed by atoms with Crippen LogP contribution < -0.4 is 5.32 Å². The molecular weight excluding hydrogens is 273 g/mol. The van der Waals surface area contributed by atoms with Crippen LogP contribution in [0.3, 0.4) is 0 Å². The third-order valence-electron chi connectivity index (χ3n) is 3.22. The Morgan fingerprint density at radius 2 is 1.95 bits per heavy atom. The minimum absolute atomic E-state index is 0.231. The fourth-order valence-electron chi connectivity index (χ4n) is 1.88. The Balaban J connectivity index is 1.85. The average molecular weight is 293 g/mol. The van der Waals surface area contributed by atoms with Gasteiger partial charge in [-0.05, 0) is 55.6 Å². The largest absolute Gasteiger partial charge is 0.460 e. The third-order valence-corrected chi connectivity index (χ3v) is 4.26. The molecule has 1 heterocycles. The maximum Gasteiger partial charge on any atom is 0.134 e. The van der Waals surface area contributed by atoms with Crippen LogP contribution in [0.1, 0.15) is 19.1 Å². The Hall–Kier alpha value is -1.26. The van der Waals surface area contributed by atoms with E-state index in [1.165, 1.54) is 12.1 Å². The molecule has 0 aliphatic rings. The first-order valence-electron chi connectivity index (χ1n) is 6.77. The summed E-state index contributed by atoms with van der Waals surface area (Å²) in [5.74, 6) is 1.45. The van der Waals surface area contributed by atoms with E-state index in [9.17, 15) is 4.39 Å². The van der Waals surface area contributed by atoms with E-state index in [2.05, 4.69) is 18.5 Å². The Bertz CT molecular complexity index is 524. The highest BCUT2D eigenvalue weighted by molar-refractivity contribution is 7.99. The first-order valence-corrected chi connectivity index (χ1v) is 8.06. The summed E-state index contributed by atoms with van der Waals surface area (Å²) in [6.45, 7) is 3.93. The average Bonchev–Trinajstić information content (AvgIpc) is 2.93. The van der Waals surface area contributed by atoms with E-state index < -0.39 is 0 Å². The van der Waals surface area contributed by atoms with E-state index in [-0.39, 0.29) is 5.82 Å². The molecule has 1 unspecified atom stereocenters. The molecule has 108 valence electrons. The van der Waals surface area contributed by atoms with Gasteiger partial charge in [0.15, 0.2) is 0 Å². The van der Waals surface area contributed by atoms with Crippen molar-refractivity contribution in [2.75, 3.05) is 12.8 Å². The van der Waals surface area contributed by atoms with Crippen LogP contribution in [0.2, 0.25) is 0 Å². The second-order valence-corrected chi connectivity index (χ2v) is 6.06. The second kappa shape index (κ2) is 7.50. The summed E-state index contributed by atoms with van der Waals surface area (Å²) in [5.41, 5.74) is 0.897. The highest BCUT2D eigenvalue weighted by Gasteiger charge is 2.05. The van der Waals surface area contributed by atoms with Crippen molar-refractivity contribution in [2.45, 2.75) is 25.1 Å². The summed E-state index contributed by atoms with van der Waals surface area (Å²) in [5, 5.41) is 4.05. The zero-order chi connectivity index (χ0) is 14.4. The molecule has 1 aromatic carbocycles. The van der Waals surface area contributed by atoms with Gasteiger partial charge in [-0.3, -0.25) is 0 Å². The van der Waals surface area contributed by atoms with Gasteiger partial charge in [0.25, 0.3) is 0 Å². The molecule has 0 aliphatic heterocycles. The first-order chi connectivity index (χ1) is 9.69. The lowest BCUT2D eigenvalue weighted by atomic mass is 10.2. The van der Waals surface area contributed by atoms with E-state index in [1.807, 2.05) is 23.9 Å². The Morgan fingerprint density at radius 1 is 1.20 bits per heavy atom. The summed E-state index contributed by atoms with van der Waals surface area (Å²) < 4.78 is 18.6. The maximum atomic E-state index is 12.9. The van der Waals surface area contributed by atoms with E-state index in [0.29, 0.717) is 5.25 Å². The van der Waals surface area contributed by atoms with Crippen LogP contribution in [-0.2, 0) is 6.54 Å². The van der Waals surface area contributed by atoms with Crippen molar-refractivity contribution < 1.29 is 8.81 Å². The van der Waals surface area contributed by atoms with Gasteiger partial charge in [0.05, 0.1) is 6.54 Å². The van der Waals surface area contributed by atoms with Crippen LogP contribution >= 0.6 is 11.8 Å². The topological polar surface area (TPSA) is 25.2 Å². The summed E-state index contributed by atoms with van der Waals surface area (Å²) in [6, 6.07) is 10.2. The minimum Gasteiger partial charge on any atom is -0.460 e. The standard InChI is InChI=1S/C16H20FNOS/c1-12(20-2)9-10-18-11-15-7-8-16(19-15)13-3-5-14(17)6-4-13/h3-8,12,18H,9-11H2,1-2H3. The molecule has 0 amide bonds. The lowest BCUT2D eigenvalue weighted by Crippen LogP contribution is -2.17. The van der Waals surface area contributed by atoms with Crippen molar-refractivity contribution in [3.05, 3.63) is 48.0 Å². The summed E-state index contributed by atoms with van der Waals surface area (Å²) in [4.78, 5) is 0. The number of furan rings is 1. The fourth-order valence-corrected chi connectivity index (χ4v) is 2.23. The Labute approximate surface area is 123 Å². The highest BCUT2D eigenvalue weighted by Crippen LogP contribution is 2.22. The molecule has 2 rings (SSSR count). The molecule has 0 radical (unpaired) electrons. The number of rotatable bonds is 7. The lowest BCUT2D eigenvalue weighted by molar-refractivity contribution is 0.491. The van der Waals surface area contributed by atoms with Gasteiger partial charge in [-0.2, -0.15) is 11.8 Å². The number of hydrogen-bond donors (Lipinski definition) is 1. The second-order valence-electron chi connectivity index (χ2n) is 4.78. The fraction of sp³-hybridized carbons (Fsp3) is 0.375. The van der Waals surface area contributed by atoms with Gasteiger partial charge in [-0.15, -0.1) is 0 Å². The predicted octanol–water partition coefficient (Wildman–Crippen LogP) is 4.32. The molecule has 0 saturated carbocycles. The minimum atomic E-state index is -0.231. The zero-order valence-corrected chi connectivity index (χ0v) is 12.7.